The zero-order valence-electron chi connectivity index (χ0n) is 28.2. The number of pyridine rings is 1. The number of phenols is 1. The first-order chi connectivity index (χ1) is 23.1. The smallest absolute Gasteiger partial charge is 0.410 e. The average molecular weight is 713 g/mol. The minimum atomic E-state index is -0.733. The molecule has 2 heterocycles. The fourth-order valence-electron chi connectivity index (χ4n) is 6.00. The number of rotatable bonds is 7. The van der Waals surface area contributed by atoms with E-state index in [9.17, 15) is 28.3 Å². The number of amides is 3. The molecule has 260 valence electrons. The van der Waals surface area contributed by atoms with E-state index in [1.807, 2.05) is 0 Å². The molecule has 1 aliphatic carbocycles. The predicted molar refractivity (Wildman–Crippen MR) is 186 cm³/mol. The lowest BCUT2D eigenvalue weighted by molar-refractivity contribution is 0.0144. The van der Waals surface area contributed by atoms with Gasteiger partial charge in [0.1, 0.15) is 33.6 Å². The number of phenolic OH excluding ortho intramolecular Hbond substituents is 1. The van der Waals surface area contributed by atoms with E-state index in [0.29, 0.717) is 42.4 Å². The Morgan fingerprint density at radius 3 is 2.20 bits per heavy atom. The molecule has 0 unspecified atom stereocenters. The summed E-state index contributed by atoms with van der Waals surface area (Å²) in [5.74, 6) is -2.27. The lowest BCUT2D eigenvalue weighted by atomic mass is 9.89. The minimum Gasteiger partial charge on any atom is -0.508 e. The van der Waals surface area contributed by atoms with Crippen LogP contribution in [0, 0.1) is 11.6 Å². The number of hydrogen-bond acceptors (Lipinski definition) is 7. The van der Waals surface area contributed by atoms with Crippen LogP contribution in [0.15, 0.2) is 48.7 Å². The van der Waals surface area contributed by atoms with Crippen molar-refractivity contribution in [3.8, 4) is 16.9 Å². The van der Waals surface area contributed by atoms with Gasteiger partial charge in [0.05, 0.1) is 15.1 Å². The number of fused-ring (bicyclic) bond motifs is 1. The summed E-state index contributed by atoms with van der Waals surface area (Å²) in [6.07, 6.45) is 3.26. The maximum absolute atomic E-state index is 14.8. The highest BCUT2D eigenvalue weighted by Crippen LogP contribution is 2.41. The van der Waals surface area contributed by atoms with Crippen LogP contribution in [-0.4, -0.2) is 81.5 Å². The monoisotopic (exact) mass is 712 g/mol. The van der Waals surface area contributed by atoms with Gasteiger partial charge in [0.2, 0.25) is 0 Å². The Morgan fingerprint density at radius 1 is 0.939 bits per heavy atom. The van der Waals surface area contributed by atoms with E-state index >= 15 is 0 Å². The van der Waals surface area contributed by atoms with Crippen molar-refractivity contribution in [3.63, 3.8) is 0 Å². The maximum Gasteiger partial charge on any atom is 0.410 e. The van der Waals surface area contributed by atoms with Crippen molar-refractivity contribution in [1.82, 2.24) is 19.7 Å². The van der Waals surface area contributed by atoms with Gasteiger partial charge in [-0.2, -0.15) is 0 Å². The molecule has 3 amide bonds. The molecule has 0 radical (unpaired) electrons. The van der Waals surface area contributed by atoms with Crippen LogP contribution in [0.4, 0.5) is 13.6 Å². The van der Waals surface area contributed by atoms with E-state index in [1.54, 1.807) is 76.0 Å². The molecule has 0 saturated heterocycles. The van der Waals surface area contributed by atoms with Crippen LogP contribution in [0.2, 0.25) is 5.02 Å². The number of thiophene rings is 1. The van der Waals surface area contributed by atoms with Gasteiger partial charge in [-0.1, -0.05) is 17.7 Å². The van der Waals surface area contributed by atoms with Crippen LogP contribution in [0.3, 0.4) is 0 Å². The SMILES string of the molecule is CN(C)C(=O)c1cc(-c2ccc(O)c(CN(C(=O)c3sc4c(F)ccc(F)c4c3Cl)[C@H]3CC[C@H](N(C)C(=O)OC(C)(C)C)CC3)c2)ccn1. The number of benzene rings is 2. The molecule has 13 heteroatoms. The number of aromatic nitrogens is 1. The Bertz CT molecular complexity index is 1900. The first kappa shape index (κ1) is 36.0. The molecule has 1 fully saturated rings. The molecule has 1 saturated carbocycles. The molecule has 9 nitrogen and oxygen atoms in total. The number of aromatic hydroxyl groups is 1. The summed E-state index contributed by atoms with van der Waals surface area (Å²) in [7, 11) is 4.97. The third-order valence-corrected chi connectivity index (χ3v) is 10.3. The quantitative estimate of drug-likeness (QED) is 0.208. The molecule has 0 aliphatic heterocycles. The number of ether oxygens (including phenoxy) is 1. The molecule has 0 atom stereocenters. The first-order valence-electron chi connectivity index (χ1n) is 15.9. The fraction of sp³-hybridized carbons (Fsp3) is 0.389. The molecule has 2 aromatic heterocycles. The van der Waals surface area contributed by atoms with E-state index in [4.69, 9.17) is 16.3 Å². The fourth-order valence-corrected chi connectivity index (χ4v) is 7.51. The summed E-state index contributed by atoms with van der Waals surface area (Å²) in [4.78, 5) is 48.5. The van der Waals surface area contributed by atoms with Gasteiger partial charge in [-0.15, -0.1) is 11.3 Å². The summed E-state index contributed by atoms with van der Waals surface area (Å²) in [5, 5.41) is 10.7. The van der Waals surface area contributed by atoms with Crippen LogP contribution in [0.1, 0.15) is 72.2 Å². The van der Waals surface area contributed by atoms with Gasteiger partial charge in [0.25, 0.3) is 11.8 Å². The number of carbonyl (C=O) groups excluding carboxylic acids is 3. The highest BCUT2D eigenvalue weighted by Gasteiger charge is 2.35. The van der Waals surface area contributed by atoms with Gasteiger partial charge < -0.3 is 24.5 Å². The van der Waals surface area contributed by atoms with Crippen molar-refractivity contribution in [2.24, 2.45) is 0 Å². The molecule has 0 bridgehead atoms. The van der Waals surface area contributed by atoms with E-state index < -0.39 is 29.2 Å². The lowest BCUT2D eigenvalue weighted by Crippen LogP contribution is -2.47. The molecule has 49 heavy (non-hydrogen) atoms. The molecule has 0 spiro atoms. The van der Waals surface area contributed by atoms with Gasteiger partial charge in [0.15, 0.2) is 0 Å². The summed E-state index contributed by atoms with van der Waals surface area (Å²) < 4.78 is 35.0. The molecule has 1 aliphatic rings. The molecule has 4 aromatic rings. The van der Waals surface area contributed by atoms with Gasteiger partial charge in [-0.3, -0.25) is 14.6 Å². The van der Waals surface area contributed by atoms with Crippen molar-refractivity contribution in [3.05, 3.63) is 81.5 Å². The first-order valence-corrected chi connectivity index (χ1v) is 17.1. The van der Waals surface area contributed by atoms with Crippen molar-refractivity contribution in [1.29, 1.82) is 0 Å². The van der Waals surface area contributed by atoms with Crippen molar-refractivity contribution in [2.45, 2.75) is 70.7 Å². The third kappa shape index (κ3) is 7.80. The summed E-state index contributed by atoms with van der Waals surface area (Å²) in [6, 6.07) is 9.87. The maximum atomic E-state index is 14.8. The number of carbonyl (C=O) groups is 3. The van der Waals surface area contributed by atoms with E-state index in [1.165, 1.54) is 17.2 Å². The van der Waals surface area contributed by atoms with Crippen LogP contribution in [-0.2, 0) is 11.3 Å². The zero-order valence-corrected chi connectivity index (χ0v) is 29.8. The van der Waals surface area contributed by atoms with E-state index in [2.05, 4.69) is 4.98 Å². The largest absolute Gasteiger partial charge is 0.508 e. The van der Waals surface area contributed by atoms with Gasteiger partial charge in [0, 0.05) is 51.5 Å². The topological polar surface area (TPSA) is 103 Å². The van der Waals surface area contributed by atoms with Gasteiger partial charge in [-0.05, 0) is 94.0 Å². The second-order valence-electron chi connectivity index (χ2n) is 13.4. The molecule has 2 aromatic carbocycles. The van der Waals surface area contributed by atoms with Crippen LogP contribution >= 0.6 is 22.9 Å². The third-order valence-electron chi connectivity index (χ3n) is 8.61. The summed E-state index contributed by atoms with van der Waals surface area (Å²) >= 11 is 7.37. The Kier molecular flexibility index (Phi) is 10.5. The number of halogens is 3. The minimum absolute atomic E-state index is 0.00900. The van der Waals surface area contributed by atoms with Gasteiger partial charge >= 0.3 is 6.09 Å². The summed E-state index contributed by atoms with van der Waals surface area (Å²) in [6.45, 7) is 5.37. The number of hydrogen-bond donors (Lipinski definition) is 1. The standard InChI is InChI=1S/C36H39ClF2N4O5S/c1-36(2,3)48-35(47)42(6)23-8-10-24(11-9-23)43(34(46)32-30(37)29-25(38)12-13-26(39)31(29)49-32)19-22-17-20(7-14-28(22)44)21-15-16-40-27(18-21)33(45)41(4)5/h7,12-18,23-24,44H,8-11,19H2,1-6H3/t23-,24-. The van der Waals surface area contributed by atoms with E-state index in [-0.39, 0.29) is 56.0 Å². The van der Waals surface area contributed by atoms with Crippen molar-refractivity contribution >= 4 is 50.9 Å². The summed E-state index contributed by atoms with van der Waals surface area (Å²) in [5.41, 5.74) is 1.39. The molecule has 1 N–H and O–H groups in total. The van der Waals surface area contributed by atoms with E-state index in [0.717, 1.165) is 23.5 Å². The molecular weight excluding hydrogens is 674 g/mol. The average Bonchev–Trinajstić information content (AvgIpc) is 3.42. The Labute approximate surface area is 293 Å². The highest BCUT2D eigenvalue weighted by atomic mass is 35.5. The predicted octanol–water partition coefficient (Wildman–Crippen LogP) is 8.12. The second-order valence-corrected chi connectivity index (χ2v) is 14.8. The Hall–Kier alpha value is -4.29. The molecular formula is C36H39ClF2N4O5S. The van der Waals surface area contributed by atoms with Crippen molar-refractivity contribution < 1.29 is 33.0 Å². The number of nitrogens with zero attached hydrogens (tertiary/aromatic N) is 4. The normalized spacial score (nSPS) is 16.3. The van der Waals surface area contributed by atoms with Gasteiger partial charge in [-0.25, -0.2) is 13.6 Å². The Balaban J connectivity index is 1.49. The van der Waals surface area contributed by atoms with Crippen LogP contribution < -0.4 is 0 Å². The molecule has 5 rings (SSSR count). The Morgan fingerprint density at radius 2 is 1.57 bits per heavy atom. The van der Waals surface area contributed by atoms with Crippen LogP contribution in [0.5, 0.6) is 5.75 Å². The highest BCUT2D eigenvalue weighted by molar-refractivity contribution is 7.21. The van der Waals surface area contributed by atoms with Crippen LogP contribution in [0.25, 0.3) is 21.2 Å². The second kappa shape index (κ2) is 14.3. The van der Waals surface area contributed by atoms with Crippen molar-refractivity contribution in [2.75, 3.05) is 21.1 Å². The lowest BCUT2D eigenvalue weighted by Gasteiger charge is -2.40. The zero-order chi connectivity index (χ0) is 35.8.